The topological polar surface area (TPSA) is 39.2 Å². The second-order valence-electron chi connectivity index (χ2n) is 4.89. The van der Waals surface area contributed by atoms with E-state index in [4.69, 9.17) is 4.74 Å². The molecular weight excluding hydrogens is 277 g/mol. The van der Waals surface area contributed by atoms with Gasteiger partial charge in [-0.15, -0.1) is 11.3 Å². The summed E-state index contributed by atoms with van der Waals surface area (Å²) in [5.74, 6) is -0.573. The summed E-state index contributed by atoms with van der Waals surface area (Å²) in [6.07, 6.45) is 0. The van der Waals surface area contributed by atoms with E-state index in [-0.39, 0.29) is 11.8 Å². The number of benzene rings is 1. The molecule has 0 bridgehead atoms. The summed E-state index contributed by atoms with van der Waals surface area (Å²) in [5, 5.41) is 2.55. The van der Waals surface area contributed by atoms with Crippen LogP contribution >= 0.6 is 11.3 Å². The Labute approximate surface area is 121 Å². The summed E-state index contributed by atoms with van der Waals surface area (Å²) in [6, 6.07) is 6.13. The van der Waals surface area contributed by atoms with Crippen LogP contribution in [0.25, 0.3) is 11.3 Å². The highest BCUT2D eigenvalue weighted by molar-refractivity contribution is 7.10. The molecule has 0 fully saturated rings. The number of hydrogen-bond acceptors (Lipinski definition) is 4. The molecule has 1 aromatic carbocycles. The highest BCUT2D eigenvalue weighted by atomic mass is 32.1. The quantitative estimate of drug-likeness (QED) is 0.805. The first-order valence-corrected chi connectivity index (χ1v) is 7.22. The molecule has 0 saturated heterocycles. The highest BCUT2D eigenvalue weighted by Crippen LogP contribution is 2.31. The molecule has 1 heterocycles. The van der Waals surface area contributed by atoms with Gasteiger partial charge in [0.05, 0.1) is 12.3 Å². The van der Waals surface area contributed by atoms with Crippen LogP contribution < -0.4 is 0 Å². The first kappa shape index (κ1) is 14.7. The summed E-state index contributed by atoms with van der Waals surface area (Å²) >= 11 is 1.40. The lowest BCUT2D eigenvalue weighted by Gasteiger charge is -2.19. The van der Waals surface area contributed by atoms with Crippen molar-refractivity contribution in [2.24, 2.45) is 0 Å². The number of carbonyl (C=O) groups is 1. The van der Waals surface area contributed by atoms with Gasteiger partial charge in [-0.05, 0) is 45.0 Å². The lowest BCUT2D eigenvalue weighted by atomic mass is 9.95. The van der Waals surface area contributed by atoms with E-state index in [1.54, 1.807) is 32.9 Å². The maximum absolute atomic E-state index is 12.9. The number of hydrogen-bond donors (Lipinski definition) is 0. The molecule has 0 aliphatic heterocycles. The third kappa shape index (κ3) is 2.88. The van der Waals surface area contributed by atoms with Crippen LogP contribution in [0.5, 0.6) is 0 Å². The summed E-state index contributed by atoms with van der Waals surface area (Å²) in [5.41, 5.74) is 0.787. The van der Waals surface area contributed by atoms with Crippen LogP contribution in [-0.4, -0.2) is 17.6 Å². The van der Waals surface area contributed by atoms with Crippen molar-refractivity contribution in [3.05, 3.63) is 40.5 Å². The molecule has 3 nitrogen and oxygen atoms in total. The number of thiazole rings is 1. The van der Waals surface area contributed by atoms with E-state index in [2.05, 4.69) is 4.98 Å². The molecule has 0 spiro atoms. The standard InChI is InChI=1S/C15H16FNO2S/c1-4-19-14(18)15(2,3)13-17-12(9-20-13)10-5-7-11(16)8-6-10/h5-9H,4H2,1-3H3. The second-order valence-corrected chi connectivity index (χ2v) is 5.75. The second kappa shape index (κ2) is 5.71. The number of esters is 1. The van der Waals surface area contributed by atoms with Gasteiger partial charge in [0.2, 0.25) is 0 Å². The average molecular weight is 293 g/mol. The maximum Gasteiger partial charge on any atom is 0.318 e. The monoisotopic (exact) mass is 293 g/mol. The maximum atomic E-state index is 12.9. The van der Waals surface area contributed by atoms with Gasteiger partial charge < -0.3 is 4.74 Å². The molecule has 2 rings (SSSR count). The fourth-order valence-corrected chi connectivity index (χ4v) is 2.65. The van der Waals surface area contributed by atoms with Crippen molar-refractivity contribution in [1.82, 2.24) is 4.98 Å². The van der Waals surface area contributed by atoms with Gasteiger partial charge >= 0.3 is 5.97 Å². The Balaban J connectivity index is 2.28. The van der Waals surface area contributed by atoms with Crippen molar-refractivity contribution in [2.45, 2.75) is 26.2 Å². The lowest BCUT2D eigenvalue weighted by Crippen LogP contribution is -2.30. The van der Waals surface area contributed by atoms with E-state index in [9.17, 15) is 9.18 Å². The summed E-state index contributed by atoms with van der Waals surface area (Å²) in [6.45, 7) is 5.70. The first-order chi connectivity index (χ1) is 9.45. The fourth-order valence-electron chi connectivity index (χ4n) is 1.71. The Kier molecular flexibility index (Phi) is 4.18. The molecule has 0 aliphatic carbocycles. The van der Waals surface area contributed by atoms with Gasteiger partial charge in [0.15, 0.2) is 0 Å². The van der Waals surface area contributed by atoms with Crippen molar-refractivity contribution in [3.8, 4) is 11.3 Å². The Hall–Kier alpha value is -1.75. The zero-order chi connectivity index (χ0) is 14.8. The van der Waals surface area contributed by atoms with Crippen LogP contribution in [0.1, 0.15) is 25.8 Å². The molecule has 0 N–H and O–H groups in total. The summed E-state index contributed by atoms with van der Waals surface area (Å²) in [4.78, 5) is 16.4. The lowest BCUT2D eigenvalue weighted by molar-refractivity contribution is -0.148. The van der Waals surface area contributed by atoms with Crippen molar-refractivity contribution < 1.29 is 13.9 Å². The van der Waals surface area contributed by atoms with E-state index in [1.807, 2.05) is 5.38 Å². The minimum absolute atomic E-state index is 0.281. The van der Waals surface area contributed by atoms with Crippen molar-refractivity contribution in [3.63, 3.8) is 0 Å². The predicted octanol–water partition coefficient (Wildman–Crippen LogP) is 3.79. The smallest absolute Gasteiger partial charge is 0.318 e. The van der Waals surface area contributed by atoms with Gasteiger partial charge in [-0.3, -0.25) is 4.79 Å². The zero-order valence-corrected chi connectivity index (χ0v) is 12.5. The number of halogens is 1. The summed E-state index contributed by atoms with van der Waals surface area (Å²) in [7, 11) is 0. The van der Waals surface area contributed by atoms with E-state index >= 15 is 0 Å². The molecule has 0 radical (unpaired) electrons. The van der Waals surface area contributed by atoms with Crippen molar-refractivity contribution >= 4 is 17.3 Å². The minimum Gasteiger partial charge on any atom is -0.465 e. The van der Waals surface area contributed by atoms with E-state index in [1.165, 1.54) is 23.5 Å². The van der Waals surface area contributed by atoms with Crippen LogP contribution in [0, 0.1) is 5.82 Å². The third-order valence-electron chi connectivity index (χ3n) is 2.96. The van der Waals surface area contributed by atoms with Gasteiger partial charge in [-0.25, -0.2) is 9.37 Å². The largest absolute Gasteiger partial charge is 0.465 e. The molecule has 0 amide bonds. The van der Waals surface area contributed by atoms with Crippen molar-refractivity contribution in [2.75, 3.05) is 6.61 Å². The van der Waals surface area contributed by atoms with Crippen LogP contribution in [0.2, 0.25) is 0 Å². The van der Waals surface area contributed by atoms with Crippen LogP contribution in [0.15, 0.2) is 29.6 Å². The van der Waals surface area contributed by atoms with Gasteiger partial charge in [-0.1, -0.05) is 0 Å². The molecular formula is C15H16FNO2S. The van der Waals surface area contributed by atoms with Crippen molar-refractivity contribution in [1.29, 1.82) is 0 Å². The zero-order valence-electron chi connectivity index (χ0n) is 11.6. The first-order valence-electron chi connectivity index (χ1n) is 6.34. The van der Waals surface area contributed by atoms with Gasteiger partial charge in [0.25, 0.3) is 0 Å². The van der Waals surface area contributed by atoms with Gasteiger partial charge in [0.1, 0.15) is 16.2 Å². The molecule has 0 atom stereocenters. The molecule has 2 aromatic rings. The Bertz CT molecular complexity index is 605. The van der Waals surface area contributed by atoms with E-state index in [0.29, 0.717) is 11.6 Å². The summed E-state index contributed by atoms with van der Waals surface area (Å²) < 4.78 is 18.0. The molecule has 20 heavy (non-hydrogen) atoms. The normalized spacial score (nSPS) is 11.4. The molecule has 106 valence electrons. The molecule has 0 unspecified atom stereocenters. The Morgan fingerprint density at radius 1 is 1.35 bits per heavy atom. The predicted molar refractivity (Wildman–Crippen MR) is 77.2 cm³/mol. The van der Waals surface area contributed by atoms with Gasteiger partial charge in [-0.2, -0.15) is 0 Å². The molecule has 5 heteroatoms. The van der Waals surface area contributed by atoms with Gasteiger partial charge in [0, 0.05) is 10.9 Å². The molecule has 1 aromatic heterocycles. The minimum atomic E-state index is -0.779. The highest BCUT2D eigenvalue weighted by Gasteiger charge is 2.34. The third-order valence-corrected chi connectivity index (χ3v) is 4.13. The number of carbonyl (C=O) groups excluding carboxylic acids is 1. The average Bonchev–Trinajstić information content (AvgIpc) is 2.90. The van der Waals surface area contributed by atoms with E-state index < -0.39 is 5.41 Å². The Morgan fingerprint density at radius 3 is 2.60 bits per heavy atom. The number of ether oxygens (including phenoxy) is 1. The molecule has 0 aliphatic rings. The molecule has 0 saturated carbocycles. The number of aromatic nitrogens is 1. The number of rotatable bonds is 4. The fraction of sp³-hybridized carbons (Fsp3) is 0.333. The van der Waals surface area contributed by atoms with E-state index in [0.717, 1.165) is 11.3 Å². The van der Waals surface area contributed by atoms with Crippen LogP contribution in [-0.2, 0) is 14.9 Å². The van der Waals surface area contributed by atoms with Crippen LogP contribution in [0.3, 0.4) is 0 Å². The van der Waals surface area contributed by atoms with Crippen LogP contribution in [0.4, 0.5) is 4.39 Å². The number of nitrogens with zero attached hydrogens (tertiary/aromatic N) is 1. The Morgan fingerprint density at radius 2 is 2.00 bits per heavy atom. The SMILES string of the molecule is CCOC(=O)C(C)(C)c1nc(-c2ccc(F)cc2)cs1.